The number of hydrogen-bond acceptors (Lipinski definition) is 6. The Balaban J connectivity index is 1.44. The van der Waals surface area contributed by atoms with E-state index in [4.69, 9.17) is 0 Å². The Labute approximate surface area is 169 Å². The number of rotatable bonds is 6. The Hall–Kier alpha value is -2.85. The van der Waals surface area contributed by atoms with E-state index in [9.17, 15) is 10.1 Å². The van der Waals surface area contributed by atoms with Gasteiger partial charge in [-0.2, -0.15) is 5.26 Å². The van der Waals surface area contributed by atoms with Gasteiger partial charge in [-0.25, -0.2) is 9.97 Å². The first-order chi connectivity index (χ1) is 13.7. The summed E-state index contributed by atoms with van der Waals surface area (Å²) in [5.41, 5.74) is 1.38. The molecule has 1 fully saturated rings. The van der Waals surface area contributed by atoms with Crippen LogP contribution in [0.25, 0.3) is 6.08 Å². The molecule has 2 heterocycles. The van der Waals surface area contributed by atoms with Crippen molar-refractivity contribution in [2.24, 2.45) is 5.92 Å². The topological polar surface area (TPSA) is 81.9 Å². The third kappa shape index (κ3) is 5.33. The Morgan fingerprint density at radius 1 is 1.29 bits per heavy atom. The maximum atomic E-state index is 12.1. The molecule has 6 nitrogen and oxygen atoms in total. The average molecular weight is 394 g/mol. The standard InChI is InChI=1S/C21H23N5OS/c1-28-18-5-2-16(3-6-18)4-7-20(27)25-15-17-8-12-26(13-9-17)21-19(14-22)23-10-11-24-21/h2-7,10-11,17H,8-9,12-13,15H2,1H3,(H,25,27)/b7-4+. The number of carbonyl (C=O) groups excluding carboxylic acids is 1. The van der Waals surface area contributed by atoms with Gasteiger partial charge in [-0.1, -0.05) is 12.1 Å². The minimum absolute atomic E-state index is 0.0722. The van der Waals surface area contributed by atoms with Gasteiger partial charge in [0.15, 0.2) is 11.5 Å². The van der Waals surface area contributed by atoms with E-state index < -0.39 is 0 Å². The maximum Gasteiger partial charge on any atom is 0.244 e. The SMILES string of the molecule is CSc1ccc(/C=C/C(=O)NCC2CCN(c3nccnc3C#N)CC2)cc1. The summed E-state index contributed by atoms with van der Waals surface area (Å²) in [6.45, 7) is 2.28. The van der Waals surface area contributed by atoms with Crippen molar-refractivity contribution in [2.75, 3.05) is 30.8 Å². The fraction of sp³-hybridized carbons (Fsp3) is 0.333. The number of nitrogens with one attached hydrogen (secondary N) is 1. The molecule has 1 aromatic heterocycles. The zero-order valence-electron chi connectivity index (χ0n) is 15.8. The van der Waals surface area contributed by atoms with Gasteiger partial charge in [0.25, 0.3) is 0 Å². The highest BCUT2D eigenvalue weighted by Gasteiger charge is 2.22. The molecule has 1 amide bonds. The predicted octanol–water partition coefficient (Wildman–Crippen LogP) is 3.12. The van der Waals surface area contributed by atoms with Gasteiger partial charge < -0.3 is 10.2 Å². The number of amides is 1. The number of hydrogen-bond donors (Lipinski definition) is 1. The molecule has 7 heteroatoms. The van der Waals surface area contributed by atoms with Crippen LogP contribution in [0.3, 0.4) is 0 Å². The number of nitrogens with zero attached hydrogens (tertiary/aromatic N) is 4. The van der Waals surface area contributed by atoms with Crippen molar-refractivity contribution in [3.63, 3.8) is 0 Å². The highest BCUT2D eigenvalue weighted by atomic mass is 32.2. The second kappa shape index (κ2) is 9.90. The Morgan fingerprint density at radius 2 is 2.00 bits per heavy atom. The van der Waals surface area contributed by atoms with Crippen molar-refractivity contribution in [2.45, 2.75) is 17.7 Å². The number of aromatic nitrogens is 2. The molecule has 0 atom stereocenters. The summed E-state index contributed by atoms with van der Waals surface area (Å²) in [5, 5.41) is 12.2. The van der Waals surface area contributed by atoms with Gasteiger partial charge in [-0.15, -0.1) is 11.8 Å². The lowest BCUT2D eigenvalue weighted by molar-refractivity contribution is -0.116. The van der Waals surface area contributed by atoms with Crippen LogP contribution in [0, 0.1) is 17.2 Å². The molecule has 0 bridgehead atoms. The molecular formula is C21H23N5OS. The lowest BCUT2D eigenvalue weighted by Crippen LogP contribution is -2.39. The first-order valence-corrected chi connectivity index (χ1v) is 10.5. The van der Waals surface area contributed by atoms with Gasteiger partial charge in [-0.05, 0) is 48.8 Å². The highest BCUT2D eigenvalue weighted by Crippen LogP contribution is 2.23. The molecule has 1 aromatic carbocycles. The van der Waals surface area contributed by atoms with E-state index in [1.807, 2.05) is 36.6 Å². The molecule has 0 radical (unpaired) electrons. The van der Waals surface area contributed by atoms with Crippen LogP contribution in [0.5, 0.6) is 0 Å². The van der Waals surface area contributed by atoms with Crippen molar-refractivity contribution in [1.29, 1.82) is 5.26 Å². The molecule has 1 N–H and O–H groups in total. The zero-order chi connectivity index (χ0) is 19.8. The molecule has 28 heavy (non-hydrogen) atoms. The third-order valence-corrected chi connectivity index (χ3v) is 5.55. The molecule has 0 unspecified atom stereocenters. The van der Waals surface area contributed by atoms with Crippen LogP contribution in [0.4, 0.5) is 5.82 Å². The first-order valence-electron chi connectivity index (χ1n) is 9.25. The first kappa shape index (κ1) is 19.9. The molecule has 1 aliphatic heterocycles. The van der Waals surface area contributed by atoms with Crippen LogP contribution >= 0.6 is 11.8 Å². The summed E-state index contributed by atoms with van der Waals surface area (Å²) in [7, 11) is 0. The fourth-order valence-corrected chi connectivity index (χ4v) is 3.59. The summed E-state index contributed by atoms with van der Waals surface area (Å²) in [5.74, 6) is 1.01. The third-order valence-electron chi connectivity index (χ3n) is 4.81. The van der Waals surface area contributed by atoms with Crippen LogP contribution in [-0.2, 0) is 4.79 Å². The molecule has 0 saturated carbocycles. The van der Waals surface area contributed by atoms with Crippen molar-refractivity contribution >= 4 is 29.6 Å². The Kier molecular flexibility index (Phi) is 7.04. The molecule has 0 aliphatic carbocycles. The average Bonchev–Trinajstić information content (AvgIpc) is 2.77. The van der Waals surface area contributed by atoms with Crippen molar-refractivity contribution in [3.8, 4) is 6.07 Å². The van der Waals surface area contributed by atoms with Crippen LogP contribution < -0.4 is 10.2 Å². The number of thioether (sulfide) groups is 1. The van der Waals surface area contributed by atoms with Crippen molar-refractivity contribution < 1.29 is 4.79 Å². The van der Waals surface area contributed by atoms with Gasteiger partial charge >= 0.3 is 0 Å². The smallest absolute Gasteiger partial charge is 0.244 e. The predicted molar refractivity (Wildman–Crippen MR) is 112 cm³/mol. The molecule has 3 rings (SSSR count). The quantitative estimate of drug-likeness (QED) is 0.600. The number of benzene rings is 1. The number of carbonyl (C=O) groups is 1. The molecule has 2 aromatic rings. The highest BCUT2D eigenvalue weighted by molar-refractivity contribution is 7.98. The van der Waals surface area contributed by atoms with Gasteiger partial charge in [0.1, 0.15) is 6.07 Å². The van der Waals surface area contributed by atoms with Crippen molar-refractivity contribution in [1.82, 2.24) is 15.3 Å². The summed E-state index contributed by atoms with van der Waals surface area (Å²) >= 11 is 1.70. The van der Waals surface area contributed by atoms with E-state index in [0.29, 0.717) is 24.0 Å². The van der Waals surface area contributed by atoms with Gasteiger partial charge in [0, 0.05) is 43.0 Å². The monoisotopic (exact) mass is 393 g/mol. The lowest BCUT2D eigenvalue weighted by atomic mass is 9.96. The van der Waals surface area contributed by atoms with E-state index in [1.165, 1.54) is 11.1 Å². The number of nitriles is 1. The van der Waals surface area contributed by atoms with Crippen molar-refractivity contribution in [3.05, 3.63) is 54.0 Å². The van der Waals surface area contributed by atoms with Gasteiger partial charge in [-0.3, -0.25) is 4.79 Å². The van der Waals surface area contributed by atoms with Crippen LogP contribution in [0.2, 0.25) is 0 Å². The van der Waals surface area contributed by atoms with Crippen LogP contribution in [0.1, 0.15) is 24.1 Å². The summed E-state index contributed by atoms with van der Waals surface area (Å²) in [4.78, 5) is 23.8. The second-order valence-electron chi connectivity index (χ2n) is 6.62. The van der Waals surface area contributed by atoms with Crippen LogP contribution in [-0.4, -0.2) is 41.8 Å². The van der Waals surface area contributed by atoms with Crippen LogP contribution in [0.15, 0.2) is 47.6 Å². The summed E-state index contributed by atoms with van der Waals surface area (Å²) in [6, 6.07) is 10.2. The Bertz CT molecular complexity index is 867. The van der Waals surface area contributed by atoms with E-state index in [2.05, 4.69) is 26.3 Å². The molecular weight excluding hydrogens is 370 g/mol. The molecule has 0 spiro atoms. The lowest BCUT2D eigenvalue weighted by Gasteiger charge is -2.32. The zero-order valence-corrected chi connectivity index (χ0v) is 16.7. The maximum absolute atomic E-state index is 12.1. The molecule has 1 aliphatic rings. The minimum atomic E-state index is -0.0722. The second-order valence-corrected chi connectivity index (χ2v) is 7.50. The van der Waals surface area contributed by atoms with E-state index in [1.54, 1.807) is 24.0 Å². The number of anilines is 1. The number of piperidine rings is 1. The fourth-order valence-electron chi connectivity index (χ4n) is 3.18. The largest absolute Gasteiger partial charge is 0.354 e. The van der Waals surface area contributed by atoms with Gasteiger partial charge in [0.05, 0.1) is 0 Å². The van der Waals surface area contributed by atoms with E-state index in [0.717, 1.165) is 31.5 Å². The molecule has 144 valence electrons. The minimum Gasteiger partial charge on any atom is -0.354 e. The van der Waals surface area contributed by atoms with E-state index in [-0.39, 0.29) is 5.91 Å². The summed E-state index contributed by atoms with van der Waals surface area (Å²) < 4.78 is 0. The normalized spacial score (nSPS) is 14.8. The van der Waals surface area contributed by atoms with E-state index >= 15 is 0 Å². The summed E-state index contributed by atoms with van der Waals surface area (Å²) in [6.07, 6.45) is 10.5. The molecule has 1 saturated heterocycles. The Morgan fingerprint density at radius 3 is 2.68 bits per heavy atom. The van der Waals surface area contributed by atoms with Gasteiger partial charge in [0.2, 0.25) is 5.91 Å².